The van der Waals surface area contributed by atoms with Crippen molar-refractivity contribution in [2.75, 3.05) is 5.32 Å². The van der Waals surface area contributed by atoms with Crippen LogP contribution in [0.15, 0.2) is 53.1 Å². The van der Waals surface area contributed by atoms with Crippen molar-refractivity contribution in [1.82, 2.24) is 0 Å². The monoisotopic (exact) mass is 379 g/mol. The van der Waals surface area contributed by atoms with Crippen molar-refractivity contribution in [3.63, 3.8) is 0 Å². The van der Waals surface area contributed by atoms with E-state index in [0.29, 0.717) is 22.4 Å². The Bertz CT molecular complexity index is 1050. The number of anilines is 1. The van der Waals surface area contributed by atoms with Gasteiger partial charge in [-0.3, -0.25) is 14.4 Å². The average molecular weight is 379 g/mol. The molecule has 0 aliphatic carbocycles. The molecule has 0 unspecified atom stereocenters. The second-order valence-electron chi connectivity index (χ2n) is 6.66. The van der Waals surface area contributed by atoms with Crippen LogP contribution in [0.3, 0.4) is 0 Å². The summed E-state index contributed by atoms with van der Waals surface area (Å²) in [6, 6.07) is 12.4. The zero-order chi connectivity index (χ0) is 20.3. The van der Waals surface area contributed by atoms with Crippen LogP contribution in [0.1, 0.15) is 35.3 Å². The van der Waals surface area contributed by atoms with Gasteiger partial charge in [0, 0.05) is 16.5 Å². The van der Waals surface area contributed by atoms with E-state index in [-0.39, 0.29) is 12.2 Å². The van der Waals surface area contributed by atoms with Crippen molar-refractivity contribution >= 4 is 34.3 Å². The molecule has 1 heterocycles. The summed E-state index contributed by atoms with van der Waals surface area (Å²) in [6.45, 7) is 4.87. The number of carbonyl (C=O) groups excluding carboxylic acids is 3. The fraction of sp³-hybridized carbons (Fsp3) is 0.227. The van der Waals surface area contributed by atoms with Gasteiger partial charge in [0.2, 0.25) is 0 Å². The van der Waals surface area contributed by atoms with Crippen LogP contribution < -0.4 is 5.32 Å². The molecule has 6 heteroatoms. The maximum absolute atomic E-state index is 12.4. The maximum Gasteiger partial charge on any atom is 0.311 e. The minimum atomic E-state index is -1.01. The highest BCUT2D eigenvalue weighted by molar-refractivity contribution is 6.04. The molecule has 1 N–H and O–H groups in total. The molecule has 0 aliphatic rings. The van der Waals surface area contributed by atoms with Crippen molar-refractivity contribution in [1.29, 1.82) is 0 Å². The van der Waals surface area contributed by atoms with Crippen LogP contribution in [0, 0.1) is 6.92 Å². The lowest BCUT2D eigenvalue weighted by Crippen LogP contribution is -2.31. The number of hydrogen-bond donors (Lipinski definition) is 1. The van der Waals surface area contributed by atoms with Crippen LogP contribution in [0.4, 0.5) is 5.69 Å². The van der Waals surface area contributed by atoms with Crippen LogP contribution in [-0.2, 0) is 20.7 Å². The van der Waals surface area contributed by atoms with Gasteiger partial charge in [-0.2, -0.15) is 0 Å². The molecule has 0 bridgehead atoms. The van der Waals surface area contributed by atoms with Gasteiger partial charge in [-0.05, 0) is 44.5 Å². The molecule has 1 amide bonds. The molecule has 28 heavy (non-hydrogen) atoms. The lowest BCUT2D eigenvalue weighted by atomic mass is 10.1. The average Bonchev–Trinajstić information content (AvgIpc) is 3.03. The first-order chi connectivity index (χ1) is 13.3. The minimum Gasteiger partial charge on any atom is -0.464 e. The number of rotatable bonds is 6. The molecule has 1 atom stereocenters. The molecule has 3 aromatic rings. The van der Waals surface area contributed by atoms with E-state index < -0.39 is 18.0 Å². The lowest BCUT2D eigenvalue weighted by molar-refractivity contribution is -0.152. The van der Waals surface area contributed by atoms with Gasteiger partial charge in [0.15, 0.2) is 11.9 Å². The Balaban J connectivity index is 1.63. The van der Waals surface area contributed by atoms with Gasteiger partial charge >= 0.3 is 5.97 Å². The number of nitrogens with one attached hydrogen (secondary N) is 1. The molecule has 2 aromatic carbocycles. The Labute approximate surface area is 162 Å². The molecular weight excluding hydrogens is 358 g/mol. The summed E-state index contributed by atoms with van der Waals surface area (Å²) in [7, 11) is 0. The number of esters is 1. The quantitative estimate of drug-likeness (QED) is 0.516. The third kappa shape index (κ3) is 4.28. The van der Waals surface area contributed by atoms with Crippen LogP contribution in [0.25, 0.3) is 11.0 Å². The number of ether oxygens (including phenoxy) is 1. The van der Waals surface area contributed by atoms with Crippen LogP contribution >= 0.6 is 0 Å². The number of ketones is 1. The van der Waals surface area contributed by atoms with E-state index in [1.54, 1.807) is 24.3 Å². The predicted molar refractivity (Wildman–Crippen MR) is 105 cm³/mol. The molecule has 0 saturated carbocycles. The topological polar surface area (TPSA) is 85.6 Å². The molecule has 0 fully saturated rings. The van der Waals surface area contributed by atoms with E-state index in [1.807, 2.05) is 25.1 Å². The van der Waals surface area contributed by atoms with Gasteiger partial charge in [-0.15, -0.1) is 0 Å². The number of amides is 1. The number of carbonyl (C=O) groups is 3. The molecular formula is C22H21NO5. The molecule has 0 saturated heterocycles. The zero-order valence-electron chi connectivity index (χ0n) is 15.9. The normalized spacial score (nSPS) is 11.8. The molecule has 6 nitrogen and oxygen atoms in total. The Morgan fingerprint density at radius 1 is 1.14 bits per heavy atom. The van der Waals surface area contributed by atoms with Crippen molar-refractivity contribution < 1.29 is 23.5 Å². The molecule has 0 spiro atoms. The number of fused-ring (bicyclic) bond motifs is 1. The summed E-state index contributed by atoms with van der Waals surface area (Å²) < 4.78 is 10.7. The minimum absolute atomic E-state index is 0.00227. The Morgan fingerprint density at radius 2 is 1.89 bits per heavy atom. The van der Waals surface area contributed by atoms with Crippen molar-refractivity contribution in [3.8, 4) is 0 Å². The van der Waals surface area contributed by atoms with Crippen molar-refractivity contribution in [2.45, 2.75) is 33.3 Å². The van der Waals surface area contributed by atoms with Crippen LogP contribution in [-0.4, -0.2) is 23.8 Å². The van der Waals surface area contributed by atoms with Crippen LogP contribution in [0.5, 0.6) is 0 Å². The van der Waals surface area contributed by atoms with Crippen molar-refractivity contribution in [2.24, 2.45) is 0 Å². The summed E-state index contributed by atoms with van der Waals surface area (Å²) in [5, 5.41) is 3.48. The summed E-state index contributed by atoms with van der Waals surface area (Å²) in [5.41, 5.74) is 3.25. The van der Waals surface area contributed by atoms with E-state index in [9.17, 15) is 14.4 Å². The maximum atomic E-state index is 12.4. The van der Waals surface area contributed by atoms with Crippen LogP contribution in [0.2, 0.25) is 0 Å². The summed E-state index contributed by atoms with van der Waals surface area (Å²) in [4.78, 5) is 36.3. The summed E-state index contributed by atoms with van der Waals surface area (Å²) in [5.74, 6) is -1.21. The highest BCUT2D eigenvalue weighted by atomic mass is 16.5. The first-order valence-corrected chi connectivity index (χ1v) is 8.92. The molecule has 144 valence electrons. The van der Waals surface area contributed by atoms with E-state index in [4.69, 9.17) is 9.15 Å². The number of furan rings is 1. The third-order valence-electron chi connectivity index (χ3n) is 4.39. The van der Waals surface area contributed by atoms with Gasteiger partial charge in [-0.25, -0.2) is 0 Å². The number of para-hydroxylation sites is 1. The standard InChI is InChI=1S/C22H21NO5/c1-13-8-9-18-16(12-27-20(18)10-13)11-21(25)28-15(3)22(26)23-19-7-5-4-6-17(19)14(2)24/h4-10,12,15H,11H2,1-3H3,(H,23,26)/t15-/m0/s1. The predicted octanol–water partition coefficient (Wildman–Crippen LogP) is 4.06. The molecule has 3 rings (SSSR count). The molecule has 1 aromatic heterocycles. The zero-order valence-corrected chi connectivity index (χ0v) is 15.9. The lowest BCUT2D eigenvalue weighted by Gasteiger charge is -2.14. The van der Waals surface area contributed by atoms with Gasteiger partial charge in [0.25, 0.3) is 5.91 Å². The fourth-order valence-electron chi connectivity index (χ4n) is 2.91. The highest BCUT2D eigenvalue weighted by Gasteiger charge is 2.20. The van der Waals surface area contributed by atoms with Gasteiger partial charge in [0.1, 0.15) is 5.58 Å². The number of hydrogen-bond acceptors (Lipinski definition) is 5. The van der Waals surface area contributed by atoms with E-state index in [0.717, 1.165) is 10.9 Å². The Hall–Kier alpha value is -3.41. The number of Topliss-reactive ketones (excluding diaryl/α,β-unsaturated/α-hetero) is 1. The fourth-order valence-corrected chi connectivity index (χ4v) is 2.91. The van der Waals surface area contributed by atoms with E-state index in [2.05, 4.69) is 5.32 Å². The van der Waals surface area contributed by atoms with Gasteiger partial charge in [0.05, 0.1) is 18.4 Å². The smallest absolute Gasteiger partial charge is 0.311 e. The molecule has 0 aliphatic heterocycles. The first kappa shape index (κ1) is 19.4. The molecule has 0 radical (unpaired) electrons. The summed E-state index contributed by atoms with van der Waals surface area (Å²) in [6.07, 6.45) is 0.518. The first-order valence-electron chi connectivity index (χ1n) is 8.92. The Morgan fingerprint density at radius 3 is 2.64 bits per heavy atom. The van der Waals surface area contributed by atoms with E-state index >= 15 is 0 Å². The van der Waals surface area contributed by atoms with E-state index in [1.165, 1.54) is 20.1 Å². The largest absolute Gasteiger partial charge is 0.464 e. The number of benzene rings is 2. The summed E-state index contributed by atoms with van der Waals surface area (Å²) >= 11 is 0. The Kier molecular flexibility index (Phi) is 5.59. The highest BCUT2D eigenvalue weighted by Crippen LogP contribution is 2.23. The second kappa shape index (κ2) is 8.08. The third-order valence-corrected chi connectivity index (χ3v) is 4.39. The van der Waals surface area contributed by atoms with Gasteiger partial charge < -0.3 is 14.5 Å². The number of aryl methyl sites for hydroxylation is 1. The van der Waals surface area contributed by atoms with Gasteiger partial charge in [-0.1, -0.05) is 24.3 Å². The second-order valence-corrected chi connectivity index (χ2v) is 6.66. The van der Waals surface area contributed by atoms with Crippen molar-refractivity contribution in [3.05, 3.63) is 65.4 Å². The SMILES string of the molecule is CC(=O)c1ccccc1NC(=O)[C@H](C)OC(=O)Cc1coc2cc(C)ccc12.